The molecule has 2 nitrogen and oxygen atoms in total. The molecule has 100 valence electrons. The normalized spacial score (nSPS) is 18.4. The van der Waals surface area contributed by atoms with Crippen molar-refractivity contribution in [2.75, 3.05) is 7.11 Å². The van der Waals surface area contributed by atoms with Crippen molar-refractivity contribution in [2.45, 2.75) is 57.1 Å². The number of hydrogen-bond donors (Lipinski definition) is 1. The van der Waals surface area contributed by atoms with Crippen LogP contribution >= 0.6 is 0 Å². The summed E-state index contributed by atoms with van der Waals surface area (Å²) >= 11 is 0. The summed E-state index contributed by atoms with van der Waals surface area (Å²) in [5, 5.41) is 0. The quantitative estimate of drug-likeness (QED) is 0.859. The van der Waals surface area contributed by atoms with Gasteiger partial charge in [0.25, 0.3) is 0 Å². The summed E-state index contributed by atoms with van der Waals surface area (Å²) < 4.78 is 5.46. The lowest BCUT2D eigenvalue weighted by molar-refractivity contribution is 0.00994. The zero-order valence-corrected chi connectivity index (χ0v) is 11.8. The van der Waals surface area contributed by atoms with E-state index >= 15 is 0 Å². The van der Waals surface area contributed by atoms with Crippen molar-refractivity contribution in [1.29, 1.82) is 0 Å². The maximum Gasteiger partial charge on any atom is 0.0640 e. The average Bonchev–Trinajstić information content (AvgIpc) is 2.27. The second-order valence-corrected chi connectivity index (χ2v) is 6.07. The third kappa shape index (κ3) is 3.12. The van der Waals surface area contributed by atoms with E-state index in [1.54, 1.807) is 7.11 Å². The van der Waals surface area contributed by atoms with Crippen molar-refractivity contribution in [3.05, 3.63) is 35.4 Å². The molecule has 2 rings (SSSR count). The first-order valence-electron chi connectivity index (χ1n) is 6.92. The number of benzene rings is 1. The maximum absolute atomic E-state index is 6.31. The van der Waals surface area contributed by atoms with Crippen LogP contribution in [0.5, 0.6) is 0 Å². The highest BCUT2D eigenvalue weighted by Gasteiger charge is 2.23. The van der Waals surface area contributed by atoms with Gasteiger partial charge in [-0.3, -0.25) is 0 Å². The van der Waals surface area contributed by atoms with Gasteiger partial charge in [-0.2, -0.15) is 0 Å². The summed E-state index contributed by atoms with van der Waals surface area (Å²) in [5.74, 6) is 0.771. The van der Waals surface area contributed by atoms with Crippen molar-refractivity contribution in [3.8, 4) is 0 Å². The van der Waals surface area contributed by atoms with Crippen molar-refractivity contribution in [1.82, 2.24) is 0 Å². The van der Waals surface area contributed by atoms with Crippen LogP contribution in [0.1, 0.15) is 62.6 Å². The first-order chi connectivity index (χ1) is 8.52. The third-order valence-electron chi connectivity index (χ3n) is 4.18. The maximum atomic E-state index is 6.31. The van der Waals surface area contributed by atoms with Gasteiger partial charge in [-0.25, -0.2) is 0 Å². The summed E-state index contributed by atoms with van der Waals surface area (Å²) in [4.78, 5) is 0. The van der Waals surface area contributed by atoms with Crippen LogP contribution in [0.15, 0.2) is 24.3 Å². The summed E-state index contributed by atoms with van der Waals surface area (Å²) in [6.07, 6.45) is 4.89. The van der Waals surface area contributed by atoms with Gasteiger partial charge in [0.15, 0.2) is 0 Å². The van der Waals surface area contributed by atoms with Gasteiger partial charge in [-0.05, 0) is 50.2 Å². The molecule has 0 saturated heterocycles. The monoisotopic (exact) mass is 247 g/mol. The smallest absolute Gasteiger partial charge is 0.0640 e. The molecule has 1 unspecified atom stereocenters. The predicted octanol–water partition coefficient (Wildman–Crippen LogP) is 3.77. The number of nitrogens with two attached hydrogens (primary N) is 1. The van der Waals surface area contributed by atoms with E-state index in [2.05, 4.69) is 38.1 Å². The molecule has 0 amide bonds. The van der Waals surface area contributed by atoms with E-state index in [0.29, 0.717) is 0 Å². The van der Waals surface area contributed by atoms with Crippen LogP contribution in [0, 0.1) is 0 Å². The van der Waals surface area contributed by atoms with Crippen LogP contribution in [0.2, 0.25) is 0 Å². The molecule has 0 spiro atoms. The zero-order chi connectivity index (χ0) is 13.2. The first-order valence-corrected chi connectivity index (χ1v) is 6.92. The lowest BCUT2D eigenvalue weighted by Crippen LogP contribution is -2.28. The van der Waals surface area contributed by atoms with Crippen molar-refractivity contribution in [2.24, 2.45) is 5.73 Å². The van der Waals surface area contributed by atoms with E-state index < -0.39 is 0 Å². The van der Waals surface area contributed by atoms with E-state index in [1.807, 2.05) is 0 Å². The number of hydrogen-bond acceptors (Lipinski definition) is 2. The lowest BCUT2D eigenvalue weighted by Gasteiger charge is -2.29. The van der Waals surface area contributed by atoms with Gasteiger partial charge < -0.3 is 10.5 Å². The second kappa shape index (κ2) is 5.41. The fourth-order valence-corrected chi connectivity index (χ4v) is 2.52. The Balaban J connectivity index is 2.07. The minimum absolute atomic E-state index is 0.0555. The van der Waals surface area contributed by atoms with Crippen molar-refractivity contribution in [3.63, 3.8) is 0 Å². The van der Waals surface area contributed by atoms with E-state index in [1.165, 1.54) is 30.4 Å². The SMILES string of the molecule is COC(C)(C)CC(N)c1cccc(C2CCC2)c1. The van der Waals surface area contributed by atoms with Crippen LogP contribution in [0.4, 0.5) is 0 Å². The highest BCUT2D eigenvalue weighted by molar-refractivity contribution is 5.29. The molecule has 18 heavy (non-hydrogen) atoms. The van der Waals surface area contributed by atoms with Crippen LogP contribution in [-0.4, -0.2) is 12.7 Å². The fraction of sp³-hybridized carbons (Fsp3) is 0.625. The Morgan fingerprint density at radius 1 is 1.39 bits per heavy atom. The van der Waals surface area contributed by atoms with Gasteiger partial charge in [0.1, 0.15) is 0 Å². The molecule has 2 heteroatoms. The molecular formula is C16H25NO. The van der Waals surface area contributed by atoms with Crippen LogP contribution < -0.4 is 5.73 Å². The summed E-state index contributed by atoms with van der Waals surface area (Å²) in [6.45, 7) is 4.17. The molecular weight excluding hydrogens is 222 g/mol. The molecule has 1 aliphatic rings. The summed E-state index contributed by atoms with van der Waals surface area (Å²) in [5.41, 5.74) is 8.85. The molecule has 0 aromatic heterocycles. The van der Waals surface area contributed by atoms with Gasteiger partial charge in [-0.1, -0.05) is 30.7 Å². The van der Waals surface area contributed by atoms with Crippen molar-refractivity contribution >= 4 is 0 Å². The van der Waals surface area contributed by atoms with Crippen LogP contribution in [0.25, 0.3) is 0 Å². The van der Waals surface area contributed by atoms with Gasteiger partial charge in [-0.15, -0.1) is 0 Å². The van der Waals surface area contributed by atoms with E-state index in [9.17, 15) is 0 Å². The van der Waals surface area contributed by atoms with Crippen LogP contribution in [-0.2, 0) is 4.74 Å². The van der Waals surface area contributed by atoms with E-state index in [0.717, 1.165) is 12.3 Å². The molecule has 0 aliphatic heterocycles. The Bertz CT molecular complexity index is 396. The van der Waals surface area contributed by atoms with Crippen LogP contribution in [0.3, 0.4) is 0 Å². The molecule has 0 heterocycles. The topological polar surface area (TPSA) is 35.2 Å². The Morgan fingerprint density at radius 2 is 2.11 bits per heavy atom. The van der Waals surface area contributed by atoms with Gasteiger partial charge in [0.2, 0.25) is 0 Å². The van der Waals surface area contributed by atoms with E-state index in [-0.39, 0.29) is 11.6 Å². The lowest BCUT2D eigenvalue weighted by atomic mass is 9.79. The van der Waals surface area contributed by atoms with Gasteiger partial charge in [0, 0.05) is 13.2 Å². The van der Waals surface area contributed by atoms with Crippen molar-refractivity contribution < 1.29 is 4.74 Å². The molecule has 2 N–H and O–H groups in total. The van der Waals surface area contributed by atoms with Gasteiger partial charge >= 0.3 is 0 Å². The number of rotatable bonds is 5. The molecule has 1 saturated carbocycles. The average molecular weight is 247 g/mol. The molecule has 0 radical (unpaired) electrons. The first kappa shape index (κ1) is 13.6. The minimum atomic E-state index is -0.161. The van der Waals surface area contributed by atoms with E-state index in [4.69, 9.17) is 10.5 Å². The minimum Gasteiger partial charge on any atom is -0.379 e. The third-order valence-corrected chi connectivity index (χ3v) is 4.18. The Hall–Kier alpha value is -0.860. The standard InChI is InChI=1S/C16H25NO/c1-16(2,18-3)11-15(17)14-9-5-8-13(10-14)12-6-4-7-12/h5,8-10,12,15H,4,6-7,11,17H2,1-3H3. The number of ether oxygens (including phenoxy) is 1. The largest absolute Gasteiger partial charge is 0.379 e. The highest BCUT2D eigenvalue weighted by atomic mass is 16.5. The zero-order valence-electron chi connectivity index (χ0n) is 11.8. The Kier molecular flexibility index (Phi) is 4.08. The molecule has 1 atom stereocenters. The molecule has 1 fully saturated rings. The summed E-state index contributed by atoms with van der Waals surface area (Å²) in [6, 6.07) is 8.86. The number of methoxy groups -OCH3 is 1. The fourth-order valence-electron chi connectivity index (χ4n) is 2.52. The molecule has 1 aliphatic carbocycles. The Labute approximate surface area is 111 Å². The molecule has 1 aromatic carbocycles. The Morgan fingerprint density at radius 3 is 2.67 bits per heavy atom. The predicted molar refractivity (Wildman–Crippen MR) is 75.7 cm³/mol. The highest BCUT2D eigenvalue weighted by Crippen LogP contribution is 2.37. The van der Waals surface area contributed by atoms with Gasteiger partial charge in [0.05, 0.1) is 5.60 Å². The molecule has 0 bridgehead atoms. The second-order valence-electron chi connectivity index (χ2n) is 6.07. The summed E-state index contributed by atoms with van der Waals surface area (Å²) in [7, 11) is 1.75. The molecule has 1 aromatic rings.